The molecule has 1 aromatic rings. The third-order valence-corrected chi connectivity index (χ3v) is 5.29. The van der Waals surface area contributed by atoms with Crippen molar-refractivity contribution >= 4 is 46.6 Å². The van der Waals surface area contributed by atoms with Crippen LogP contribution in [0.1, 0.15) is 37.7 Å². The molecule has 24 heavy (non-hydrogen) atoms. The number of hydrogen-bond acceptors (Lipinski definition) is 5. The number of amides is 2. The van der Waals surface area contributed by atoms with Crippen LogP contribution in [0.2, 0.25) is 5.02 Å². The molecule has 0 unspecified atom stereocenters. The molecule has 1 heterocycles. The summed E-state index contributed by atoms with van der Waals surface area (Å²) in [6.45, 7) is 0. The van der Waals surface area contributed by atoms with Crippen LogP contribution in [0.3, 0.4) is 0 Å². The zero-order valence-corrected chi connectivity index (χ0v) is 14.4. The normalized spacial score (nSPS) is 19.8. The molecule has 2 fully saturated rings. The summed E-state index contributed by atoms with van der Waals surface area (Å²) >= 11 is 7.10. The van der Waals surface area contributed by atoms with Gasteiger partial charge in [0, 0.05) is 6.42 Å². The van der Waals surface area contributed by atoms with E-state index in [2.05, 4.69) is 5.32 Å². The molecule has 5 nitrogen and oxygen atoms in total. The largest absolute Gasteiger partial charge is 0.425 e. The number of ether oxygens (including phenoxy) is 1. The number of rotatable bonds is 4. The fourth-order valence-corrected chi connectivity index (χ4v) is 3.79. The van der Waals surface area contributed by atoms with Gasteiger partial charge in [-0.2, -0.15) is 0 Å². The van der Waals surface area contributed by atoms with E-state index in [4.69, 9.17) is 16.3 Å². The van der Waals surface area contributed by atoms with Crippen molar-refractivity contribution in [2.24, 2.45) is 5.92 Å². The smallest absolute Gasteiger partial charge is 0.311 e. The Hall–Kier alpha value is -1.79. The van der Waals surface area contributed by atoms with Gasteiger partial charge in [0.1, 0.15) is 5.75 Å². The van der Waals surface area contributed by atoms with Gasteiger partial charge in [0.15, 0.2) is 0 Å². The molecule has 1 saturated heterocycles. The summed E-state index contributed by atoms with van der Waals surface area (Å²) < 4.78 is 5.39. The number of carbonyl (C=O) groups excluding carboxylic acids is 3. The van der Waals surface area contributed by atoms with Crippen molar-refractivity contribution in [3.63, 3.8) is 0 Å². The molecule has 0 bridgehead atoms. The van der Waals surface area contributed by atoms with Crippen LogP contribution < -0.4 is 10.1 Å². The van der Waals surface area contributed by atoms with Gasteiger partial charge in [0.05, 0.1) is 9.93 Å². The fourth-order valence-electron chi connectivity index (χ4n) is 2.89. The number of carbonyl (C=O) groups is 3. The van der Waals surface area contributed by atoms with Crippen LogP contribution in [0.15, 0.2) is 23.1 Å². The second-order valence-electron chi connectivity index (χ2n) is 5.84. The zero-order chi connectivity index (χ0) is 17.1. The van der Waals surface area contributed by atoms with E-state index >= 15 is 0 Å². The van der Waals surface area contributed by atoms with E-state index in [1.54, 1.807) is 18.2 Å². The number of hydrogen-bond donors (Lipinski definition) is 1. The lowest BCUT2D eigenvalue weighted by Crippen LogP contribution is -2.17. The molecule has 1 saturated carbocycles. The molecule has 2 aliphatic rings. The zero-order valence-electron chi connectivity index (χ0n) is 12.8. The van der Waals surface area contributed by atoms with Gasteiger partial charge in [0.25, 0.3) is 11.1 Å². The maximum absolute atomic E-state index is 12.1. The third-order valence-electron chi connectivity index (χ3n) is 4.08. The van der Waals surface area contributed by atoms with Crippen molar-refractivity contribution in [1.82, 2.24) is 5.32 Å². The standard InChI is InChI=1S/C17H16ClNO4S/c18-15-11(9-13-16(21)19-17(22)24-13)6-3-7-12(15)23-14(20)8-10-4-1-2-5-10/h3,6-7,9-10H,1-2,4-5,8H2,(H,19,21,22)/b13-9-. The topological polar surface area (TPSA) is 72.5 Å². The first-order valence-electron chi connectivity index (χ1n) is 7.77. The van der Waals surface area contributed by atoms with Crippen LogP contribution in [0.4, 0.5) is 4.79 Å². The average molecular weight is 366 g/mol. The van der Waals surface area contributed by atoms with Crippen molar-refractivity contribution in [3.05, 3.63) is 33.7 Å². The number of halogens is 1. The lowest BCUT2D eigenvalue weighted by atomic mass is 10.0. The van der Waals surface area contributed by atoms with Crippen molar-refractivity contribution in [2.75, 3.05) is 0 Å². The molecular formula is C17H16ClNO4S. The van der Waals surface area contributed by atoms with E-state index in [0.29, 0.717) is 17.9 Å². The highest BCUT2D eigenvalue weighted by molar-refractivity contribution is 8.18. The number of nitrogens with one attached hydrogen (secondary N) is 1. The average Bonchev–Trinajstić information content (AvgIpc) is 3.13. The Kier molecular flexibility index (Phi) is 5.26. The summed E-state index contributed by atoms with van der Waals surface area (Å²) in [6.07, 6.45) is 6.38. The van der Waals surface area contributed by atoms with Crippen molar-refractivity contribution < 1.29 is 19.1 Å². The van der Waals surface area contributed by atoms with Gasteiger partial charge in [0.2, 0.25) is 0 Å². The Bertz CT molecular complexity index is 725. The minimum atomic E-state index is -0.454. The molecule has 0 radical (unpaired) electrons. The summed E-state index contributed by atoms with van der Waals surface area (Å²) in [4.78, 5) is 35.1. The number of imide groups is 1. The number of benzene rings is 1. The van der Waals surface area contributed by atoms with Crippen LogP contribution in [-0.2, 0) is 9.59 Å². The van der Waals surface area contributed by atoms with Gasteiger partial charge in [-0.3, -0.25) is 19.7 Å². The lowest BCUT2D eigenvalue weighted by Gasteiger charge is -2.11. The van der Waals surface area contributed by atoms with Crippen LogP contribution in [0, 0.1) is 5.92 Å². The first kappa shape index (κ1) is 17.0. The Labute approximate surface area is 148 Å². The molecular weight excluding hydrogens is 350 g/mol. The molecule has 3 rings (SSSR count). The second-order valence-corrected chi connectivity index (χ2v) is 7.23. The van der Waals surface area contributed by atoms with Crippen molar-refractivity contribution in [1.29, 1.82) is 0 Å². The third kappa shape index (κ3) is 3.99. The summed E-state index contributed by atoms with van der Waals surface area (Å²) in [6, 6.07) is 5.00. The summed E-state index contributed by atoms with van der Waals surface area (Å²) in [7, 11) is 0. The van der Waals surface area contributed by atoms with Crippen molar-refractivity contribution in [2.45, 2.75) is 32.1 Å². The highest BCUT2D eigenvalue weighted by Gasteiger charge is 2.26. The molecule has 0 atom stereocenters. The van der Waals surface area contributed by atoms with Crippen LogP contribution in [-0.4, -0.2) is 17.1 Å². The molecule has 0 aromatic heterocycles. The van der Waals surface area contributed by atoms with Gasteiger partial charge < -0.3 is 4.74 Å². The van der Waals surface area contributed by atoms with Crippen molar-refractivity contribution in [3.8, 4) is 5.75 Å². The molecule has 126 valence electrons. The molecule has 7 heteroatoms. The van der Waals surface area contributed by atoms with E-state index in [1.165, 1.54) is 18.9 Å². The quantitative estimate of drug-likeness (QED) is 0.493. The Balaban J connectivity index is 1.73. The maximum Gasteiger partial charge on any atom is 0.311 e. The van der Waals surface area contributed by atoms with Gasteiger partial charge >= 0.3 is 5.97 Å². The van der Waals surface area contributed by atoms with E-state index in [9.17, 15) is 14.4 Å². The molecule has 0 spiro atoms. The van der Waals surface area contributed by atoms with Gasteiger partial charge in [-0.1, -0.05) is 36.6 Å². The Morgan fingerprint density at radius 3 is 2.75 bits per heavy atom. The van der Waals surface area contributed by atoms with E-state index in [0.717, 1.165) is 24.6 Å². The highest BCUT2D eigenvalue weighted by Crippen LogP contribution is 2.34. The first-order valence-corrected chi connectivity index (χ1v) is 8.96. The van der Waals surface area contributed by atoms with E-state index in [-0.39, 0.29) is 21.6 Å². The van der Waals surface area contributed by atoms with Crippen LogP contribution >= 0.6 is 23.4 Å². The molecule has 1 aliphatic carbocycles. The highest BCUT2D eigenvalue weighted by atomic mass is 35.5. The first-order chi connectivity index (χ1) is 11.5. The van der Waals surface area contributed by atoms with Gasteiger partial charge in [-0.15, -0.1) is 0 Å². The lowest BCUT2D eigenvalue weighted by molar-refractivity contribution is -0.135. The molecule has 1 N–H and O–H groups in total. The van der Waals surface area contributed by atoms with E-state index < -0.39 is 11.1 Å². The van der Waals surface area contributed by atoms with Crippen LogP contribution in [0.25, 0.3) is 6.08 Å². The van der Waals surface area contributed by atoms with Crippen LogP contribution in [0.5, 0.6) is 5.75 Å². The fraction of sp³-hybridized carbons (Fsp3) is 0.353. The summed E-state index contributed by atoms with van der Waals surface area (Å²) in [5.74, 6) is -0.0867. The molecule has 1 aliphatic heterocycles. The SMILES string of the molecule is O=C(CC1CCCC1)Oc1cccc(/C=C2\SC(=O)NC2=O)c1Cl. The predicted molar refractivity (Wildman–Crippen MR) is 92.8 cm³/mol. The number of esters is 1. The Morgan fingerprint density at radius 2 is 2.08 bits per heavy atom. The predicted octanol–water partition coefficient (Wildman–Crippen LogP) is 4.15. The minimum Gasteiger partial charge on any atom is -0.425 e. The summed E-state index contributed by atoms with van der Waals surface area (Å²) in [5.41, 5.74) is 0.523. The van der Waals surface area contributed by atoms with Gasteiger partial charge in [-0.25, -0.2) is 0 Å². The molecule has 1 aromatic carbocycles. The number of thioether (sulfide) groups is 1. The van der Waals surface area contributed by atoms with Gasteiger partial charge in [-0.05, 0) is 48.2 Å². The maximum atomic E-state index is 12.1. The molecule has 2 amide bonds. The monoisotopic (exact) mass is 365 g/mol. The second kappa shape index (κ2) is 7.40. The minimum absolute atomic E-state index is 0.248. The Morgan fingerprint density at radius 1 is 1.33 bits per heavy atom. The van der Waals surface area contributed by atoms with E-state index in [1.807, 2.05) is 0 Å². The summed E-state index contributed by atoms with van der Waals surface area (Å²) in [5, 5.41) is 2.01.